The van der Waals surface area contributed by atoms with Crippen molar-refractivity contribution in [2.45, 2.75) is 20.3 Å². The smallest absolute Gasteiger partial charge is 0.150 e. The van der Waals surface area contributed by atoms with E-state index in [9.17, 15) is 4.79 Å². The van der Waals surface area contributed by atoms with Crippen LogP contribution in [0.25, 0.3) is 11.1 Å². The van der Waals surface area contributed by atoms with Crippen molar-refractivity contribution in [3.63, 3.8) is 0 Å². The van der Waals surface area contributed by atoms with Gasteiger partial charge in [-0.2, -0.15) is 0 Å². The van der Waals surface area contributed by atoms with Gasteiger partial charge in [-0.25, -0.2) is 0 Å². The number of ether oxygens (including phenoxy) is 1. The molecule has 0 aliphatic rings. The van der Waals surface area contributed by atoms with Gasteiger partial charge in [-0.15, -0.1) is 0 Å². The highest BCUT2D eigenvalue weighted by Gasteiger charge is 2.07. The average molecular weight is 268 g/mol. The summed E-state index contributed by atoms with van der Waals surface area (Å²) in [7, 11) is 1.65. The first kappa shape index (κ1) is 14.3. The van der Waals surface area contributed by atoms with E-state index in [1.165, 1.54) is 5.56 Å². The molecule has 0 heterocycles. The van der Waals surface area contributed by atoms with Crippen LogP contribution in [0, 0.1) is 5.92 Å². The molecular formula is C18H20O2. The van der Waals surface area contributed by atoms with Gasteiger partial charge < -0.3 is 4.74 Å². The highest BCUT2D eigenvalue weighted by Crippen LogP contribution is 2.31. The van der Waals surface area contributed by atoms with E-state index in [2.05, 4.69) is 38.1 Å². The van der Waals surface area contributed by atoms with E-state index in [0.717, 1.165) is 29.6 Å². The van der Waals surface area contributed by atoms with Crippen molar-refractivity contribution < 1.29 is 9.53 Å². The molecule has 0 aromatic heterocycles. The van der Waals surface area contributed by atoms with Crippen LogP contribution in [0.4, 0.5) is 0 Å². The van der Waals surface area contributed by atoms with Crippen LogP contribution in [0.5, 0.6) is 5.75 Å². The minimum Gasteiger partial charge on any atom is -0.496 e. The second kappa shape index (κ2) is 6.38. The molecule has 0 N–H and O–H groups in total. The topological polar surface area (TPSA) is 26.3 Å². The Balaban J connectivity index is 2.37. The van der Waals surface area contributed by atoms with Crippen molar-refractivity contribution in [2.24, 2.45) is 5.92 Å². The predicted octanol–water partition coefficient (Wildman–Crippen LogP) is 4.37. The molecule has 0 radical (unpaired) electrons. The van der Waals surface area contributed by atoms with Gasteiger partial charge in [-0.05, 0) is 41.7 Å². The molecule has 2 aromatic rings. The summed E-state index contributed by atoms with van der Waals surface area (Å²) >= 11 is 0. The molecule has 0 spiro atoms. The van der Waals surface area contributed by atoms with Crippen LogP contribution in [-0.4, -0.2) is 13.4 Å². The lowest BCUT2D eigenvalue weighted by molar-refractivity contribution is 0.112. The fourth-order valence-corrected chi connectivity index (χ4v) is 2.32. The second-order valence-electron chi connectivity index (χ2n) is 5.37. The Morgan fingerprint density at radius 2 is 1.80 bits per heavy atom. The minimum atomic E-state index is 0.647. The summed E-state index contributed by atoms with van der Waals surface area (Å²) in [4.78, 5) is 10.9. The standard InChI is InChI=1S/C18H20O2/c1-13(2)10-14-4-7-16(8-5-14)17-11-15(12-19)6-9-18(17)20-3/h4-9,11-13H,10H2,1-3H3. The maximum Gasteiger partial charge on any atom is 0.150 e. The number of hydrogen-bond donors (Lipinski definition) is 0. The van der Waals surface area contributed by atoms with E-state index >= 15 is 0 Å². The van der Waals surface area contributed by atoms with Crippen LogP contribution in [0.3, 0.4) is 0 Å². The lowest BCUT2D eigenvalue weighted by Crippen LogP contribution is -1.94. The molecule has 2 nitrogen and oxygen atoms in total. The van der Waals surface area contributed by atoms with Crippen LogP contribution in [0.15, 0.2) is 42.5 Å². The molecule has 2 heteroatoms. The van der Waals surface area contributed by atoms with E-state index in [1.807, 2.05) is 12.1 Å². The van der Waals surface area contributed by atoms with Crippen LogP contribution in [0.1, 0.15) is 29.8 Å². The predicted molar refractivity (Wildman–Crippen MR) is 82.4 cm³/mol. The third kappa shape index (κ3) is 3.27. The third-order valence-corrected chi connectivity index (χ3v) is 3.27. The van der Waals surface area contributed by atoms with Gasteiger partial charge >= 0.3 is 0 Å². The normalized spacial score (nSPS) is 10.6. The van der Waals surface area contributed by atoms with Gasteiger partial charge in [0, 0.05) is 11.1 Å². The van der Waals surface area contributed by atoms with E-state index < -0.39 is 0 Å². The monoisotopic (exact) mass is 268 g/mol. The molecule has 0 aliphatic heterocycles. The summed E-state index contributed by atoms with van der Waals surface area (Å²) in [5.74, 6) is 1.43. The summed E-state index contributed by atoms with van der Waals surface area (Å²) in [6.45, 7) is 4.43. The van der Waals surface area contributed by atoms with E-state index in [4.69, 9.17) is 4.74 Å². The molecule has 2 aromatic carbocycles. The molecule has 0 unspecified atom stereocenters. The number of aldehydes is 1. The fraction of sp³-hybridized carbons (Fsp3) is 0.278. The quantitative estimate of drug-likeness (QED) is 0.752. The number of methoxy groups -OCH3 is 1. The Morgan fingerprint density at radius 3 is 2.35 bits per heavy atom. The Bertz CT molecular complexity index is 583. The molecule has 0 fully saturated rings. The van der Waals surface area contributed by atoms with Crippen molar-refractivity contribution in [2.75, 3.05) is 7.11 Å². The van der Waals surface area contributed by atoms with Crippen molar-refractivity contribution in [1.29, 1.82) is 0 Å². The Morgan fingerprint density at radius 1 is 1.10 bits per heavy atom. The molecule has 0 atom stereocenters. The average Bonchev–Trinajstić information content (AvgIpc) is 2.46. The molecule has 0 amide bonds. The summed E-state index contributed by atoms with van der Waals surface area (Å²) in [5.41, 5.74) is 4.01. The minimum absolute atomic E-state index is 0.647. The molecular weight excluding hydrogens is 248 g/mol. The Labute approximate surface area is 120 Å². The van der Waals surface area contributed by atoms with Crippen LogP contribution in [0.2, 0.25) is 0 Å². The fourth-order valence-electron chi connectivity index (χ4n) is 2.32. The Hall–Kier alpha value is -2.09. The number of carbonyl (C=O) groups is 1. The third-order valence-electron chi connectivity index (χ3n) is 3.27. The SMILES string of the molecule is COc1ccc(C=O)cc1-c1ccc(CC(C)C)cc1. The van der Waals surface area contributed by atoms with Crippen LogP contribution in [-0.2, 0) is 6.42 Å². The number of benzene rings is 2. The first-order valence-corrected chi connectivity index (χ1v) is 6.86. The molecule has 0 saturated carbocycles. The van der Waals surface area contributed by atoms with Crippen molar-refractivity contribution in [3.8, 4) is 16.9 Å². The van der Waals surface area contributed by atoms with Gasteiger partial charge in [0.2, 0.25) is 0 Å². The zero-order chi connectivity index (χ0) is 14.5. The lowest BCUT2D eigenvalue weighted by Gasteiger charge is -2.11. The van der Waals surface area contributed by atoms with Crippen molar-refractivity contribution in [3.05, 3.63) is 53.6 Å². The van der Waals surface area contributed by atoms with E-state index in [1.54, 1.807) is 13.2 Å². The molecule has 0 aliphatic carbocycles. The first-order valence-electron chi connectivity index (χ1n) is 6.86. The highest BCUT2D eigenvalue weighted by atomic mass is 16.5. The molecule has 20 heavy (non-hydrogen) atoms. The largest absolute Gasteiger partial charge is 0.496 e. The summed E-state index contributed by atoms with van der Waals surface area (Å²) in [5, 5.41) is 0. The molecule has 104 valence electrons. The van der Waals surface area contributed by atoms with Gasteiger partial charge in [0.25, 0.3) is 0 Å². The van der Waals surface area contributed by atoms with Gasteiger partial charge in [-0.1, -0.05) is 38.1 Å². The lowest BCUT2D eigenvalue weighted by atomic mass is 9.98. The summed E-state index contributed by atoms with van der Waals surface area (Å²) in [6.07, 6.45) is 1.93. The van der Waals surface area contributed by atoms with E-state index in [0.29, 0.717) is 11.5 Å². The first-order chi connectivity index (χ1) is 9.63. The highest BCUT2D eigenvalue weighted by molar-refractivity contribution is 5.81. The van der Waals surface area contributed by atoms with Gasteiger partial charge in [0.15, 0.2) is 0 Å². The number of rotatable bonds is 5. The van der Waals surface area contributed by atoms with Crippen molar-refractivity contribution >= 4 is 6.29 Å². The van der Waals surface area contributed by atoms with E-state index in [-0.39, 0.29) is 0 Å². The van der Waals surface area contributed by atoms with Crippen LogP contribution >= 0.6 is 0 Å². The summed E-state index contributed by atoms with van der Waals surface area (Å²) in [6, 6.07) is 13.9. The Kier molecular flexibility index (Phi) is 4.57. The maximum absolute atomic E-state index is 10.9. The maximum atomic E-state index is 10.9. The van der Waals surface area contributed by atoms with Gasteiger partial charge in [0.05, 0.1) is 7.11 Å². The molecule has 0 bridgehead atoms. The zero-order valence-corrected chi connectivity index (χ0v) is 12.2. The van der Waals surface area contributed by atoms with Gasteiger partial charge in [0.1, 0.15) is 12.0 Å². The molecule has 0 saturated heterocycles. The second-order valence-corrected chi connectivity index (χ2v) is 5.37. The zero-order valence-electron chi connectivity index (χ0n) is 12.2. The van der Waals surface area contributed by atoms with Crippen molar-refractivity contribution in [1.82, 2.24) is 0 Å². The van der Waals surface area contributed by atoms with Gasteiger partial charge in [-0.3, -0.25) is 4.79 Å². The van der Waals surface area contributed by atoms with Crippen LogP contribution < -0.4 is 4.74 Å². The number of carbonyl (C=O) groups excluding carboxylic acids is 1. The summed E-state index contributed by atoms with van der Waals surface area (Å²) < 4.78 is 5.38. The molecule has 2 rings (SSSR count). The number of hydrogen-bond acceptors (Lipinski definition) is 2.